The van der Waals surface area contributed by atoms with Crippen LogP contribution in [-0.2, 0) is 14.6 Å². The summed E-state index contributed by atoms with van der Waals surface area (Å²) >= 11 is 6.00. The van der Waals surface area contributed by atoms with E-state index >= 15 is 0 Å². The Balaban J connectivity index is 1.91. The number of rotatable bonds is 4. The highest BCUT2D eigenvalue weighted by Gasteiger charge is 2.47. The van der Waals surface area contributed by atoms with Gasteiger partial charge in [-0.2, -0.15) is 0 Å². The standard InChI is InChI=1S/C18H25ClN2O3S/c19-15-8-4-9-16(12-15)25(23,24)18(10-5-11-20-13-18)21-17(22)14-6-2-1-3-7-14/h4,8-9,12,14,20H,1-3,5-7,10-11,13H2,(H,21,22)/t18-/m0/s1. The monoisotopic (exact) mass is 384 g/mol. The van der Waals surface area contributed by atoms with E-state index in [1.165, 1.54) is 6.07 Å². The molecule has 1 aromatic rings. The topological polar surface area (TPSA) is 75.3 Å². The quantitative estimate of drug-likeness (QED) is 0.836. The van der Waals surface area contributed by atoms with Crippen LogP contribution in [-0.4, -0.2) is 32.3 Å². The molecule has 7 heteroatoms. The molecule has 2 aliphatic rings. The van der Waals surface area contributed by atoms with E-state index in [-0.39, 0.29) is 23.3 Å². The van der Waals surface area contributed by atoms with Gasteiger partial charge in [0.1, 0.15) is 0 Å². The van der Waals surface area contributed by atoms with Gasteiger partial charge in [-0.1, -0.05) is 36.9 Å². The fourth-order valence-corrected chi connectivity index (χ4v) is 6.02. The van der Waals surface area contributed by atoms with E-state index in [4.69, 9.17) is 11.6 Å². The number of hydrogen-bond donors (Lipinski definition) is 2. The minimum Gasteiger partial charge on any atom is -0.335 e. The molecule has 0 aromatic heterocycles. The van der Waals surface area contributed by atoms with Gasteiger partial charge in [0, 0.05) is 17.5 Å². The molecule has 2 fully saturated rings. The maximum Gasteiger partial charge on any atom is 0.224 e. The average Bonchev–Trinajstić information content (AvgIpc) is 2.63. The maximum atomic E-state index is 13.4. The fourth-order valence-electron chi connectivity index (χ4n) is 3.83. The van der Waals surface area contributed by atoms with Crippen molar-refractivity contribution in [1.29, 1.82) is 0 Å². The van der Waals surface area contributed by atoms with E-state index < -0.39 is 14.7 Å². The summed E-state index contributed by atoms with van der Waals surface area (Å²) in [5, 5.41) is 6.45. The third-order valence-electron chi connectivity index (χ3n) is 5.29. The van der Waals surface area contributed by atoms with Crippen molar-refractivity contribution in [3.63, 3.8) is 0 Å². The van der Waals surface area contributed by atoms with Crippen molar-refractivity contribution in [1.82, 2.24) is 10.6 Å². The summed E-state index contributed by atoms with van der Waals surface area (Å²) in [5.41, 5.74) is 0. The van der Waals surface area contributed by atoms with Crippen molar-refractivity contribution in [2.75, 3.05) is 13.1 Å². The van der Waals surface area contributed by atoms with Gasteiger partial charge >= 0.3 is 0 Å². The van der Waals surface area contributed by atoms with Crippen molar-refractivity contribution < 1.29 is 13.2 Å². The molecular weight excluding hydrogens is 360 g/mol. The van der Waals surface area contributed by atoms with Gasteiger partial charge in [0.05, 0.1) is 4.90 Å². The zero-order valence-corrected chi connectivity index (χ0v) is 15.8. The first kappa shape index (κ1) is 18.7. The van der Waals surface area contributed by atoms with E-state index in [9.17, 15) is 13.2 Å². The van der Waals surface area contributed by atoms with Gasteiger partial charge in [-0.05, 0) is 50.4 Å². The number of sulfone groups is 1. The first-order chi connectivity index (χ1) is 11.9. The summed E-state index contributed by atoms with van der Waals surface area (Å²) in [6.07, 6.45) is 6.00. The number of halogens is 1. The summed E-state index contributed by atoms with van der Waals surface area (Å²) in [6.45, 7) is 0.979. The van der Waals surface area contributed by atoms with Gasteiger partial charge in [0.25, 0.3) is 0 Å². The molecule has 5 nitrogen and oxygen atoms in total. The van der Waals surface area contributed by atoms with Crippen LogP contribution >= 0.6 is 11.6 Å². The van der Waals surface area contributed by atoms with Crippen molar-refractivity contribution in [2.45, 2.75) is 54.7 Å². The van der Waals surface area contributed by atoms with Crippen LogP contribution in [0.4, 0.5) is 0 Å². The van der Waals surface area contributed by atoms with E-state index in [0.717, 1.165) is 38.6 Å². The highest BCUT2D eigenvalue weighted by molar-refractivity contribution is 7.92. The molecule has 25 heavy (non-hydrogen) atoms. The molecule has 0 spiro atoms. The Kier molecular flexibility index (Phi) is 5.71. The zero-order chi connectivity index (χ0) is 17.9. The van der Waals surface area contributed by atoms with Gasteiger partial charge in [0.15, 0.2) is 4.87 Å². The van der Waals surface area contributed by atoms with Crippen LogP contribution in [0.5, 0.6) is 0 Å². The van der Waals surface area contributed by atoms with E-state index in [1.54, 1.807) is 18.2 Å². The molecule has 1 atom stereocenters. The van der Waals surface area contributed by atoms with Gasteiger partial charge < -0.3 is 10.6 Å². The van der Waals surface area contributed by atoms with Crippen LogP contribution in [0.15, 0.2) is 29.2 Å². The van der Waals surface area contributed by atoms with Crippen molar-refractivity contribution in [3.8, 4) is 0 Å². The molecule has 1 heterocycles. The molecule has 0 unspecified atom stereocenters. The van der Waals surface area contributed by atoms with Gasteiger partial charge in [-0.3, -0.25) is 4.79 Å². The lowest BCUT2D eigenvalue weighted by Crippen LogP contribution is -2.63. The van der Waals surface area contributed by atoms with Crippen LogP contribution < -0.4 is 10.6 Å². The van der Waals surface area contributed by atoms with Crippen molar-refractivity contribution in [3.05, 3.63) is 29.3 Å². The number of hydrogen-bond acceptors (Lipinski definition) is 4. The maximum absolute atomic E-state index is 13.4. The third-order valence-corrected chi connectivity index (χ3v) is 7.88. The molecule has 3 rings (SSSR count). The average molecular weight is 385 g/mol. The molecule has 1 saturated heterocycles. The Hall–Kier alpha value is -1.11. The van der Waals surface area contributed by atoms with Gasteiger partial charge in [-0.15, -0.1) is 0 Å². The molecule has 1 aromatic carbocycles. The van der Waals surface area contributed by atoms with Crippen molar-refractivity contribution >= 4 is 27.3 Å². The van der Waals surface area contributed by atoms with Crippen LogP contribution in [0.2, 0.25) is 5.02 Å². The summed E-state index contributed by atoms with van der Waals surface area (Å²) in [4.78, 5) is 11.6. The van der Waals surface area contributed by atoms with Gasteiger partial charge in [0.2, 0.25) is 15.7 Å². The largest absolute Gasteiger partial charge is 0.335 e. The minimum atomic E-state index is -3.76. The number of benzene rings is 1. The van der Waals surface area contributed by atoms with E-state index in [0.29, 0.717) is 17.9 Å². The number of carbonyl (C=O) groups excluding carboxylic acids is 1. The predicted octanol–water partition coefficient (Wildman–Crippen LogP) is 2.89. The third kappa shape index (κ3) is 3.86. The normalized spacial score (nSPS) is 25.5. The van der Waals surface area contributed by atoms with Crippen LogP contribution in [0.1, 0.15) is 44.9 Å². The second-order valence-corrected chi connectivity index (χ2v) is 9.76. The fraction of sp³-hybridized carbons (Fsp3) is 0.611. The molecule has 1 saturated carbocycles. The lowest BCUT2D eigenvalue weighted by molar-refractivity contribution is -0.127. The highest BCUT2D eigenvalue weighted by Crippen LogP contribution is 2.32. The number of amides is 1. The second-order valence-electron chi connectivity index (χ2n) is 7.06. The lowest BCUT2D eigenvalue weighted by Gasteiger charge is -2.39. The van der Waals surface area contributed by atoms with Crippen LogP contribution in [0, 0.1) is 5.92 Å². The van der Waals surface area contributed by atoms with Gasteiger partial charge in [-0.25, -0.2) is 8.42 Å². The Labute approximate surface area is 154 Å². The van der Waals surface area contributed by atoms with Crippen molar-refractivity contribution in [2.24, 2.45) is 5.92 Å². The Morgan fingerprint density at radius 2 is 1.96 bits per heavy atom. The Morgan fingerprint density at radius 3 is 2.60 bits per heavy atom. The lowest BCUT2D eigenvalue weighted by atomic mass is 9.88. The molecule has 1 aliphatic heterocycles. The summed E-state index contributed by atoms with van der Waals surface area (Å²) in [6, 6.07) is 6.28. The summed E-state index contributed by atoms with van der Waals surface area (Å²) < 4.78 is 26.7. The summed E-state index contributed by atoms with van der Waals surface area (Å²) in [5.74, 6) is -0.212. The van der Waals surface area contributed by atoms with Crippen LogP contribution in [0.25, 0.3) is 0 Å². The zero-order valence-electron chi connectivity index (χ0n) is 14.3. The molecule has 1 aliphatic carbocycles. The molecule has 0 bridgehead atoms. The molecule has 1 amide bonds. The Morgan fingerprint density at radius 1 is 1.20 bits per heavy atom. The number of piperidine rings is 1. The SMILES string of the molecule is O=C(N[C@]1(S(=O)(=O)c2cccc(Cl)c2)CCCNC1)C1CCCCC1. The number of nitrogens with one attached hydrogen (secondary N) is 2. The van der Waals surface area contributed by atoms with E-state index in [1.807, 2.05) is 0 Å². The molecule has 0 radical (unpaired) electrons. The van der Waals surface area contributed by atoms with E-state index in [2.05, 4.69) is 10.6 Å². The minimum absolute atomic E-state index is 0.0814. The Bertz CT molecular complexity index is 724. The smallest absolute Gasteiger partial charge is 0.224 e. The molecule has 2 N–H and O–H groups in total. The number of carbonyl (C=O) groups is 1. The first-order valence-electron chi connectivity index (χ1n) is 8.98. The van der Waals surface area contributed by atoms with Crippen LogP contribution in [0.3, 0.4) is 0 Å². The molecule has 138 valence electrons. The molecular formula is C18H25ClN2O3S. The second kappa shape index (κ2) is 7.64. The highest BCUT2D eigenvalue weighted by atomic mass is 35.5. The first-order valence-corrected chi connectivity index (χ1v) is 10.8. The predicted molar refractivity (Wildman–Crippen MR) is 98.2 cm³/mol. The summed E-state index contributed by atoms with van der Waals surface area (Å²) in [7, 11) is -3.76.